The second kappa shape index (κ2) is 9.97. The van der Waals surface area contributed by atoms with E-state index in [9.17, 15) is 0 Å². The molecule has 1 aliphatic heterocycles. The van der Waals surface area contributed by atoms with Gasteiger partial charge in [0.05, 0.1) is 11.0 Å². The van der Waals surface area contributed by atoms with Crippen molar-refractivity contribution < 1.29 is 0 Å². The fourth-order valence-electron chi connectivity index (χ4n) is 7.52. The predicted octanol–water partition coefficient (Wildman–Crippen LogP) is 12.6. The summed E-state index contributed by atoms with van der Waals surface area (Å²) in [6, 6.07) is 60.2. The van der Waals surface area contributed by atoms with Crippen molar-refractivity contribution in [3.63, 3.8) is 0 Å². The summed E-state index contributed by atoms with van der Waals surface area (Å²) in [6.07, 6.45) is 0. The van der Waals surface area contributed by atoms with Crippen LogP contribution in [0.3, 0.4) is 0 Å². The van der Waals surface area contributed by atoms with E-state index >= 15 is 0 Å². The Labute approximate surface area is 271 Å². The van der Waals surface area contributed by atoms with Crippen LogP contribution in [0.4, 0.5) is 0 Å². The number of hydrogen-bond acceptors (Lipinski definition) is 1. The van der Waals surface area contributed by atoms with Crippen LogP contribution in [0.5, 0.6) is 0 Å². The first-order chi connectivity index (χ1) is 22.8. The molecule has 0 amide bonds. The van der Waals surface area contributed by atoms with Gasteiger partial charge >= 0.3 is 0 Å². The summed E-state index contributed by atoms with van der Waals surface area (Å²) in [5.74, 6) is 0. The molecule has 0 atom stereocenters. The van der Waals surface area contributed by atoms with Crippen LogP contribution in [0.1, 0.15) is 0 Å². The molecule has 9 aromatic rings. The molecule has 2 heteroatoms. The number of hydrogen-bond donors (Lipinski definition) is 0. The van der Waals surface area contributed by atoms with E-state index in [-0.39, 0.29) is 0 Å². The zero-order valence-electron chi connectivity index (χ0n) is 24.9. The summed E-state index contributed by atoms with van der Waals surface area (Å²) in [5, 5.41) is 7.71. The fourth-order valence-corrected chi connectivity index (χ4v) is 8.65. The Balaban J connectivity index is 1.18. The molecule has 0 N–H and O–H groups in total. The lowest BCUT2D eigenvalue weighted by Crippen LogP contribution is -1.94. The van der Waals surface area contributed by atoms with Crippen LogP contribution in [-0.4, -0.2) is 4.57 Å². The van der Waals surface area contributed by atoms with E-state index in [0.29, 0.717) is 0 Å². The molecular formula is C44H27NS. The Morgan fingerprint density at radius 2 is 1.11 bits per heavy atom. The normalized spacial score (nSPS) is 12.3. The van der Waals surface area contributed by atoms with Gasteiger partial charge in [-0.2, -0.15) is 0 Å². The van der Waals surface area contributed by atoms with Crippen molar-refractivity contribution >= 4 is 55.1 Å². The summed E-state index contributed by atoms with van der Waals surface area (Å²) >= 11 is 1.88. The average molecular weight is 602 g/mol. The highest BCUT2D eigenvalue weighted by Crippen LogP contribution is 2.50. The van der Waals surface area contributed by atoms with Crippen LogP contribution in [-0.2, 0) is 0 Å². The molecule has 8 aromatic carbocycles. The van der Waals surface area contributed by atoms with Gasteiger partial charge in [0.2, 0.25) is 0 Å². The van der Waals surface area contributed by atoms with E-state index in [1.54, 1.807) is 0 Å². The second-order valence-corrected chi connectivity index (χ2v) is 13.2. The first kappa shape index (κ1) is 25.7. The minimum atomic E-state index is 1.18. The summed E-state index contributed by atoms with van der Waals surface area (Å²) in [7, 11) is 0. The van der Waals surface area contributed by atoms with Crippen LogP contribution in [0.15, 0.2) is 174 Å². The SMILES string of the molecule is c1ccc(-n2c3ccccc3c3cc4ccc(-c5ccccc5-c5ccc6c7c(cccc57)-c5ccccc5S6)cc4cc32)cc1. The highest BCUT2D eigenvalue weighted by Gasteiger charge is 2.21. The van der Waals surface area contributed by atoms with Gasteiger partial charge in [0, 0.05) is 31.6 Å². The molecule has 46 heavy (non-hydrogen) atoms. The van der Waals surface area contributed by atoms with Gasteiger partial charge in [-0.05, 0) is 98.1 Å². The number of aromatic nitrogens is 1. The zero-order chi connectivity index (χ0) is 30.2. The molecular weight excluding hydrogens is 575 g/mol. The molecule has 0 saturated heterocycles. The van der Waals surface area contributed by atoms with Crippen molar-refractivity contribution in [2.45, 2.75) is 9.79 Å². The van der Waals surface area contributed by atoms with Gasteiger partial charge in [-0.3, -0.25) is 0 Å². The maximum Gasteiger partial charge on any atom is 0.0547 e. The van der Waals surface area contributed by atoms with Gasteiger partial charge in [0.1, 0.15) is 0 Å². The Bertz CT molecular complexity index is 2660. The molecule has 0 bridgehead atoms. The third-order valence-corrected chi connectivity index (χ3v) is 10.7. The minimum absolute atomic E-state index is 1.18. The molecule has 0 saturated carbocycles. The third-order valence-electron chi connectivity index (χ3n) is 9.57. The molecule has 0 aliphatic carbocycles. The van der Waals surface area contributed by atoms with Crippen LogP contribution in [0.2, 0.25) is 0 Å². The molecule has 1 aromatic heterocycles. The lowest BCUT2D eigenvalue weighted by atomic mass is 9.88. The van der Waals surface area contributed by atoms with E-state index < -0.39 is 0 Å². The van der Waals surface area contributed by atoms with Crippen LogP contribution >= 0.6 is 11.8 Å². The van der Waals surface area contributed by atoms with E-state index in [0.717, 1.165) is 0 Å². The molecule has 10 rings (SSSR count). The van der Waals surface area contributed by atoms with Gasteiger partial charge in [0.15, 0.2) is 0 Å². The second-order valence-electron chi connectivity index (χ2n) is 12.1. The lowest BCUT2D eigenvalue weighted by Gasteiger charge is -2.22. The van der Waals surface area contributed by atoms with Crippen molar-refractivity contribution in [2.24, 2.45) is 0 Å². The van der Waals surface area contributed by atoms with Gasteiger partial charge in [-0.25, -0.2) is 0 Å². The van der Waals surface area contributed by atoms with Crippen molar-refractivity contribution in [3.05, 3.63) is 164 Å². The Morgan fingerprint density at radius 3 is 2.02 bits per heavy atom. The molecule has 0 radical (unpaired) electrons. The lowest BCUT2D eigenvalue weighted by molar-refractivity contribution is 1.18. The number of para-hydroxylation sites is 2. The monoisotopic (exact) mass is 601 g/mol. The van der Waals surface area contributed by atoms with Gasteiger partial charge < -0.3 is 4.57 Å². The van der Waals surface area contributed by atoms with E-state index in [2.05, 4.69) is 168 Å². The zero-order valence-corrected chi connectivity index (χ0v) is 25.8. The summed E-state index contributed by atoms with van der Waals surface area (Å²) in [5.41, 5.74) is 11.3. The number of fused-ring (bicyclic) bond motifs is 6. The van der Waals surface area contributed by atoms with Crippen LogP contribution in [0.25, 0.3) is 82.4 Å². The van der Waals surface area contributed by atoms with Crippen molar-refractivity contribution in [2.75, 3.05) is 0 Å². The van der Waals surface area contributed by atoms with Gasteiger partial charge in [-0.15, -0.1) is 0 Å². The van der Waals surface area contributed by atoms with Crippen molar-refractivity contribution in [1.82, 2.24) is 4.57 Å². The molecule has 0 spiro atoms. The van der Waals surface area contributed by atoms with Gasteiger partial charge in [-0.1, -0.05) is 127 Å². The molecule has 1 nitrogen and oxygen atoms in total. The number of benzene rings is 8. The highest BCUT2D eigenvalue weighted by atomic mass is 32.2. The van der Waals surface area contributed by atoms with Crippen LogP contribution < -0.4 is 0 Å². The maximum absolute atomic E-state index is 2.40. The standard InChI is InChI=1S/C44H27NS/c1-2-11-31(12-3-1)45-40-19-8-6-15-35(40)39-26-28-21-22-29(25-30(28)27-41(39)45)32-13-4-5-14-33(32)34-23-24-43-44-37(34)17-10-18-38(44)36-16-7-9-20-42(36)46-43/h1-27H. The van der Waals surface area contributed by atoms with Crippen molar-refractivity contribution in [1.29, 1.82) is 0 Å². The number of nitrogens with zero attached hydrogens (tertiary/aromatic N) is 1. The molecule has 0 fully saturated rings. The van der Waals surface area contributed by atoms with Crippen LogP contribution in [0, 0.1) is 0 Å². The molecule has 2 heterocycles. The first-order valence-electron chi connectivity index (χ1n) is 15.8. The molecule has 1 aliphatic rings. The topological polar surface area (TPSA) is 4.93 Å². The third kappa shape index (κ3) is 3.77. The molecule has 0 unspecified atom stereocenters. The minimum Gasteiger partial charge on any atom is -0.309 e. The Morgan fingerprint density at radius 1 is 0.370 bits per heavy atom. The Hall–Kier alpha value is -5.57. The van der Waals surface area contributed by atoms with Crippen molar-refractivity contribution in [3.8, 4) is 39.1 Å². The Kier molecular flexibility index (Phi) is 5.58. The first-order valence-corrected chi connectivity index (χ1v) is 16.6. The maximum atomic E-state index is 2.40. The smallest absolute Gasteiger partial charge is 0.0547 e. The summed E-state index contributed by atoms with van der Waals surface area (Å²) in [6.45, 7) is 0. The van der Waals surface area contributed by atoms with E-state index in [4.69, 9.17) is 0 Å². The van der Waals surface area contributed by atoms with E-state index in [1.807, 2.05) is 11.8 Å². The largest absolute Gasteiger partial charge is 0.309 e. The predicted molar refractivity (Wildman–Crippen MR) is 196 cm³/mol. The highest BCUT2D eigenvalue weighted by molar-refractivity contribution is 7.99. The summed E-state index contributed by atoms with van der Waals surface area (Å²) < 4.78 is 2.40. The molecule has 214 valence electrons. The fraction of sp³-hybridized carbons (Fsp3) is 0. The van der Waals surface area contributed by atoms with Gasteiger partial charge in [0.25, 0.3) is 0 Å². The quantitative estimate of drug-likeness (QED) is 0.195. The number of rotatable bonds is 3. The summed E-state index contributed by atoms with van der Waals surface area (Å²) in [4.78, 5) is 2.65. The average Bonchev–Trinajstić information content (AvgIpc) is 3.44. The van der Waals surface area contributed by atoms with E-state index in [1.165, 1.54) is 92.2 Å².